The number of hydrogen-bond acceptors (Lipinski definition) is 5. The third-order valence-electron chi connectivity index (χ3n) is 2.73. The third kappa shape index (κ3) is 6.68. The van der Waals surface area contributed by atoms with E-state index in [0.29, 0.717) is 12.1 Å². The SMILES string of the molecule is COC(=O)c1cc(Cl)cc(C(F)(F)F)n1.O=C(O)c1cccc(C(F)(F)F)n1. The van der Waals surface area contributed by atoms with Crippen molar-refractivity contribution < 1.29 is 45.8 Å². The minimum atomic E-state index is -4.65. The predicted octanol–water partition coefficient (Wildman–Crippen LogP) is 4.34. The van der Waals surface area contributed by atoms with Crippen LogP contribution in [-0.2, 0) is 17.1 Å². The molecule has 0 aromatic carbocycles. The lowest BCUT2D eigenvalue weighted by Gasteiger charge is -2.07. The lowest BCUT2D eigenvalue weighted by molar-refractivity contribution is -0.142. The number of carbonyl (C=O) groups excluding carboxylic acids is 1. The number of esters is 1. The zero-order valence-electron chi connectivity index (χ0n) is 13.6. The molecular weight excluding hydrogens is 422 g/mol. The summed E-state index contributed by atoms with van der Waals surface area (Å²) in [6, 6.07) is 4.35. The molecule has 0 aliphatic heterocycles. The standard InChI is InChI=1S/C8H5ClF3NO2.C7H4F3NO2/c1-15-7(14)5-2-4(9)3-6(13-5)8(10,11)12;8-7(9,10)5-3-1-2-4(11-5)6(12)13/h2-3H,1H3;1-3H,(H,12,13). The zero-order valence-corrected chi connectivity index (χ0v) is 14.4. The second kappa shape index (κ2) is 8.87. The van der Waals surface area contributed by atoms with Crippen molar-refractivity contribution >= 4 is 23.5 Å². The van der Waals surface area contributed by atoms with Gasteiger partial charge in [0.15, 0.2) is 5.69 Å². The summed E-state index contributed by atoms with van der Waals surface area (Å²) >= 11 is 5.41. The highest BCUT2D eigenvalue weighted by Crippen LogP contribution is 2.30. The van der Waals surface area contributed by atoms with Crippen LogP contribution in [0.3, 0.4) is 0 Å². The van der Waals surface area contributed by atoms with Gasteiger partial charge in [-0.05, 0) is 24.3 Å². The Morgan fingerprint density at radius 3 is 1.96 bits per heavy atom. The molecule has 0 aliphatic rings. The van der Waals surface area contributed by atoms with Crippen LogP contribution >= 0.6 is 11.6 Å². The van der Waals surface area contributed by atoms with E-state index in [1.807, 2.05) is 0 Å². The van der Waals surface area contributed by atoms with Gasteiger partial charge >= 0.3 is 24.3 Å². The van der Waals surface area contributed by atoms with Crippen LogP contribution in [0.25, 0.3) is 0 Å². The van der Waals surface area contributed by atoms with Crippen molar-refractivity contribution in [2.75, 3.05) is 7.11 Å². The van der Waals surface area contributed by atoms with Crippen LogP contribution in [0.4, 0.5) is 26.3 Å². The van der Waals surface area contributed by atoms with Gasteiger partial charge in [0, 0.05) is 5.02 Å². The summed E-state index contributed by atoms with van der Waals surface area (Å²) in [4.78, 5) is 27.2. The fraction of sp³-hybridized carbons (Fsp3) is 0.200. The molecule has 0 saturated carbocycles. The second-order valence-electron chi connectivity index (χ2n) is 4.76. The number of hydrogen-bond donors (Lipinski definition) is 1. The Morgan fingerprint density at radius 2 is 1.50 bits per heavy atom. The maximum Gasteiger partial charge on any atom is 0.433 e. The van der Waals surface area contributed by atoms with E-state index in [-0.39, 0.29) is 5.02 Å². The number of carboxylic acid groups (broad SMARTS) is 1. The van der Waals surface area contributed by atoms with Crippen molar-refractivity contribution in [3.05, 3.63) is 58.1 Å². The predicted molar refractivity (Wildman–Crippen MR) is 81.8 cm³/mol. The molecule has 0 aliphatic carbocycles. The number of halogens is 7. The van der Waals surface area contributed by atoms with Crippen molar-refractivity contribution in [2.45, 2.75) is 12.4 Å². The maximum absolute atomic E-state index is 12.2. The van der Waals surface area contributed by atoms with Gasteiger partial charge in [-0.15, -0.1) is 0 Å². The Kier molecular flexibility index (Phi) is 7.33. The molecule has 2 aromatic heterocycles. The minimum Gasteiger partial charge on any atom is -0.477 e. The zero-order chi connectivity index (χ0) is 21.7. The molecule has 152 valence electrons. The molecular formula is C15H9ClF6N2O4. The van der Waals surface area contributed by atoms with Crippen LogP contribution in [0.2, 0.25) is 5.02 Å². The lowest BCUT2D eigenvalue weighted by atomic mass is 10.3. The number of nitrogens with zero attached hydrogens (tertiary/aromatic N) is 2. The van der Waals surface area contributed by atoms with E-state index in [9.17, 15) is 35.9 Å². The first-order valence-corrected chi connectivity index (χ1v) is 7.24. The maximum atomic E-state index is 12.2. The fourth-order valence-corrected chi connectivity index (χ4v) is 1.77. The quantitative estimate of drug-likeness (QED) is 0.563. The molecule has 0 amide bonds. The largest absolute Gasteiger partial charge is 0.477 e. The van der Waals surface area contributed by atoms with Gasteiger partial charge in [0.25, 0.3) is 0 Å². The number of rotatable bonds is 2. The summed E-state index contributed by atoms with van der Waals surface area (Å²) in [7, 11) is 1.04. The van der Waals surface area contributed by atoms with E-state index >= 15 is 0 Å². The number of pyridine rings is 2. The van der Waals surface area contributed by atoms with Crippen LogP contribution in [0, 0.1) is 0 Å². The highest BCUT2D eigenvalue weighted by atomic mass is 35.5. The summed E-state index contributed by atoms with van der Waals surface area (Å²) in [6.45, 7) is 0. The topological polar surface area (TPSA) is 89.4 Å². The van der Waals surface area contributed by atoms with Crippen molar-refractivity contribution in [1.82, 2.24) is 9.97 Å². The van der Waals surface area contributed by atoms with Gasteiger partial charge < -0.3 is 9.84 Å². The molecule has 0 fully saturated rings. The molecule has 0 unspecified atom stereocenters. The first-order chi connectivity index (χ1) is 12.8. The van der Waals surface area contributed by atoms with Crippen molar-refractivity contribution in [3.8, 4) is 0 Å². The number of ether oxygens (including phenoxy) is 1. The smallest absolute Gasteiger partial charge is 0.433 e. The molecule has 0 radical (unpaired) electrons. The van der Waals surface area contributed by atoms with E-state index in [0.717, 1.165) is 25.3 Å². The minimum absolute atomic E-state index is 0.224. The van der Waals surface area contributed by atoms with E-state index in [1.165, 1.54) is 0 Å². The summed E-state index contributed by atoms with van der Waals surface area (Å²) in [5.41, 5.74) is -3.52. The number of aromatic nitrogens is 2. The highest BCUT2D eigenvalue weighted by Gasteiger charge is 2.34. The monoisotopic (exact) mass is 430 g/mol. The number of carboxylic acids is 1. The summed E-state index contributed by atoms with van der Waals surface area (Å²) in [5.74, 6) is -2.45. The van der Waals surface area contributed by atoms with Gasteiger partial charge in [-0.25, -0.2) is 19.6 Å². The van der Waals surface area contributed by atoms with E-state index < -0.39 is 47.1 Å². The number of methoxy groups -OCH3 is 1. The van der Waals surface area contributed by atoms with E-state index in [4.69, 9.17) is 16.7 Å². The van der Waals surface area contributed by atoms with Crippen molar-refractivity contribution in [2.24, 2.45) is 0 Å². The number of alkyl halides is 6. The van der Waals surface area contributed by atoms with Gasteiger partial charge in [0.05, 0.1) is 7.11 Å². The van der Waals surface area contributed by atoms with Crippen LogP contribution in [0.1, 0.15) is 32.4 Å². The molecule has 2 rings (SSSR count). The second-order valence-corrected chi connectivity index (χ2v) is 5.19. The normalized spacial score (nSPS) is 11.3. The molecule has 0 saturated heterocycles. The molecule has 13 heteroatoms. The number of aromatic carboxylic acids is 1. The van der Waals surface area contributed by atoms with Gasteiger partial charge in [-0.2, -0.15) is 26.3 Å². The molecule has 0 spiro atoms. The Balaban J connectivity index is 0.000000283. The molecule has 0 atom stereocenters. The van der Waals surface area contributed by atoms with E-state index in [2.05, 4.69) is 14.7 Å². The first-order valence-electron chi connectivity index (χ1n) is 6.86. The van der Waals surface area contributed by atoms with Gasteiger partial charge in [0.1, 0.15) is 17.1 Å². The fourth-order valence-electron chi connectivity index (χ4n) is 1.56. The van der Waals surface area contributed by atoms with Crippen LogP contribution in [0.15, 0.2) is 30.3 Å². The third-order valence-corrected chi connectivity index (χ3v) is 2.95. The van der Waals surface area contributed by atoms with Crippen LogP contribution < -0.4 is 0 Å². The van der Waals surface area contributed by atoms with Gasteiger partial charge in [-0.1, -0.05) is 17.7 Å². The van der Waals surface area contributed by atoms with Crippen molar-refractivity contribution in [1.29, 1.82) is 0 Å². The summed E-state index contributed by atoms with van der Waals surface area (Å²) in [6.07, 6.45) is -9.25. The molecule has 6 nitrogen and oxygen atoms in total. The average Bonchev–Trinajstić information content (AvgIpc) is 2.59. The summed E-state index contributed by atoms with van der Waals surface area (Å²) in [5, 5.41) is 8.12. The lowest BCUT2D eigenvalue weighted by Crippen LogP contribution is -2.12. The molecule has 0 bridgehead atoms. The van der Waals surface area contributed by atoms with E-state index in [1.54, 1.807) is 0 Å². The molecule has 1 N–H and O–H groups in total. The van der Waals surface area contributed by atoms with Crippen molar-refractivity contribution in [3.63, 3.8) is 0 Å². The molecule has 28 heavy (non-hydrogen) atoms. The Morgan fingerprint density at radius 1 is 0.964 bits per heavy atom. The number of carbonyl (C=O) groups is 2. The Hall–Kier alpha value is -2.89. The van der Waals surface area contributed by atoms with Gasteiger partial charge in [0.2, 0.25) is 0 Å². The highest BCUT2D eigenvalue weighted by molar-refractivity contribution is 6.30. The average molecular weight is 431 g/mol. The Labute approximate surface area is 157 Å². The Bertz CT molecular complexity index is 870. The van der Waals surface area contributed by atoms with Gasteiger partial charge in [-0.3, -0.25) is 0 Å². The van der Waals surface area contributed by atoms with Crippen LogP contribution in [0.5, 0.6) is 0 Å². The molecule has 2 heterocycles. The molecule has 2 aromatic rings. The first kappa shape index (κ1) is 23.1. The van der Waals surface area contributed by atoms with Crippen LogP contribution in [-0.4, -0.2) is 34.1 Å². The summed E-state index contributed by atoms with van der Waals surface area (Å²) < 4.78 is 76.9.